The average molecular weight is 2000 g/mol. The maximum absolute atomic E-state index is 13.3. The van der Waals surface area contributed by atoms with Gasteiger partial charge in [-0.15, -0.1) is 0 Å². The topological polar surface area (TPSA) is 138 Å². The van der Waals surface area contributed by atoms with E-state index in [4.69, 9.17) is 22.3 Å². The van der Waals surface area contributed by atoms with Crippen molar-refractivity contribution >= 4 is 164 Å². The normalized spacial score (nSPS) is 13.8. The predicted molar refractivity (Wildman–Crippen MR) is 549 cm³/mol. The second-order valence-corrected chi connectivity index (χ2v) is 40.9. The Hall–Kier alpha value is -10.4. The number of rotatable bonds is 20. The fraction of sp³-hybridized carbons (Fsp3) is 0.110. The smallest absolute Gasteiger partial charge is 0.423 e. The summed E-state index contributed by atoms with van der Waals surface area (Å²) in [6.45, 7) is 0. The molecule has 2 aromatic heterocycles. The summed E-state index contributed by atoms with van der Waals surface area (Å²) in [5.74, 6) is 0.827. The van der Waals surface area contributed by atoms with Gasteiger partial charge in [-0.2, -0.15) is 0 Å². The molecule has 0 aliphatic heterocycles. The third kappa shape index (κ3) is 31.2. The molecule has 128 heavy (non-hydrogen) atoms. The van der Waals surface area contributed by atoms with Crippen LogP contribution < -0.4 is 74.8 Å². The summed E-state index contributed by atoms with van der Waals surface area (Å²) in [4.78, 5) is 32.4. The number of benzene rings is 14. The summed E-state index contributed by atoms with van der Waals surface area (Å²) < 4.78 is 28.8. The van der Waals surface area contributed by atoms with Crippen molar-refractivity contribution in [3.63, 3.8) is 0 Å². The first-order chi connectivity index (χ1) is 62.3. The summed E-state index contributed by atoms with van der Waals surface area (Å²) in [5.41, 5.74) is 4.39. The molecule has 3 aliphatic rings. The molecule has 0 bridgehead atoms. The number of hydrogen-bond donors (Lipinski definition) is 6. The quantitative estimate of drug-likeness (QED) is 0.0195. The molecule has 14 aromatic carbocycles. The van der Waals surface area contributed by atoms with Crippen LogP contribution in [0.4, 0.5) is 8.78 Å². The third-order valence-corrected chi connectivity index (χ3v) is 32.8. The molecule has 0 fully saturated rings. The molecule has 8 nitrogen and oxygen atoms in total. The van der Waals surface area contributed by atoms with Gasteiger partial charge in [0.05, 0.1) is 0 Å². The third-order valence-electron chi connectivity index (χ3n) is 20.9. The van der Waals surface area contributed by atoms with Gasteiger partial charge in [-0.1, -0.05) is 438 Å². The first kappa shape index (κ1) is 98.2. The summed E-state index contributed by atoms with van der Waals surface area (Å²) in [6.07, 6.45) is 20.5. The predicted octanol–water partition coefficient (Wildman–Crippen LogP) is 21.7. The van der Waals surface area contributed by atoms with Crippen LogP contribution in [-0.4, -0.2) is 43.4 Å². The van der Waals surface area contributed by atoms with E-state index in [2.05, 4.69) is 434 Å². The second-order valence-electron chi connectivity index (χ2n) is 29.8. The minimum atomic E-state index is -1.59. The molecule has 0 radical (unpaired) electrons. The number of H-pyrrole nitrogens is 4. The Balaban J connectivity index is 0.000000143. The zero-order valence-electron chi connectivity index (χ0n) is 70.6. The Morgan fingerprint density at radius 1 is 0.352 bits per heavy atom. The Morgan fingerprint density at radius 3 is 0.875 bits per heavy atom. The van der Waals surface area contributed by atoms with E-state index < -0.39 is 44.6 Å². The SMILES string of the molecule is Fc1cccc(C2=CCCC2Cc2c[nH]c(=S)[nH]2)c1.O=CCC1CCC=C1Br.O=c1[nH]cc(CC2CCC=C2Br)[nH]1.OB(O)c1cccc(F)c1.[Pd].c1ccc(P(c2ccccc2)c2ccccc2)cc1.c1ccc(P(c2ccccc2)c2ccccc2)cc1.c1ccc(P(c2ccccc2)c2ccccc2)cc1.c1ccc(P(c2ccccc2)c2ccccc2)cc1. The van der Waals surface area contributed by atoms with Gasteiger partial charge in [-0.3, -0.25) is 0 Å². The van der Waals surface area contributed by atoms with E-state index in [-0.39, 0.29) is 37.4 Å². The van der Waals surface area contributed by atoms with Crippen LogP contribution in [-0.2, 0) is 38.1 Å². The largest absolute Gasteiger partial charge is 0.488 e. The van der Waals surface area contributed by atoms with E-state index in [1.807, 2.05) is 12.3 Å². The van der Waals surface area contributed by atoms with Gasteiger partial charge in [-0.25, -0.2) is 13.6 Å². The van der Waals surface area contributed by atoms with E-state index in [1.165, 1.54) is 109 Å². The van der Waals surface area contributed by atoms with Gasteiger partial charge in [-0.05, 0) is 227 Å². The number of imidazole rings is 2. The molecule has 0 spiro atoms. The minimum absolute atomic E-state index is 0. The van der Waals surface area contributed by atoms with Gasteiger partial charge in [0.2, 0.25) is 0 Å². The molecule has 648 valence electrons. The standard InChI is InChI=1S/4C18H15P.C15H15FN2S.C9H11BrN2O.C7H9BrO.C6H6BFO2.Pd/c4*1-4-10-16(11-5-1)19(17-12-6-2-7-13-17)18-14-8-3-9-15-18;16-12-5-1-3-10(7-12)14-6-2-4-11(14)8-13-9-17-15(19)18-13;10-8-3-1-2-6(8)4-7-5-11-9(13)12-7;8-7-3-1-2-6(7)4-5-9;8-6-3-1-2-5(4-6)7(9)10;/h4*1-15H;1,3,5-7,9,11H,2,4,8H2,(H2,17,18,19);3,5-6H,1-2,4H2,(H2,11,12,13);3,5-6H,1-2,4H2;1-4,9-10H;. The van der Waals surface area contributed by atoms with Crippen molar-refractivity contribution in [2.75, 3.05) is 0 Å². The van der Waals surface area contributed by atoms with Gasteiger partial charge in [0, 0.05) is 50.6 Å². The van der Waals surface area contributed by atoms with Crippen LogP contribution in [0.1, 0.15) is 61.9 Å². The van der Waals surface area contributed by atoms with Crippen molar-refractivity contribution in [3.05, 3.63) is 496 Å². The van der Waals surface area contributed by atoms with Gasteiger partial charge in [0.15, 0.2) is 4.77 Å². The molecule has 6 N–H and O–H groups in total. The van der Waals surface area contributed by atoms with Crippen molar-refractivity contribution in [3.8, 4) is 0 Å². The molecule has 3 atom stereocenters. The Bertz CT molecular complexity index is 5250. The van der Waals surface area contributed by atoms with Crippen LogP contribution in [0, 0.1) is 34.2 Å². The number of carbonyl (C=O) groups is 1. The molecular weight excluding hydrogens is 1900 g/mol. The van der Waals surface area contributed by atoms with E-state index in [9.17, 15) is 18.4 Å². The van der Waals surface area contributed by atoms with Gasteiger partial charge >= 0.3 is 12.8 Å². The molecular formula is C109H101BBr2F2N4O4P4PdS. The molecule has 0 saturated heterocycles. The van der Waals surface area contributed by atoms with Crippen molar-refractivity contribution < 1.29 is 44.0 Å². The van der Waals surface area contributed by atoms with Crippen molar-refractivity contribution in [1.82, 2.24) is 19.9 Å². The van der Waals surface area contributed by atoms with Crippen LogP contribution in [0.25, 0.3) is 5.57 Å². The molecule has 2 heterocycles. The molecule has 16 aromatic rings. The van der Waals surface area contributed by atoms with E-state index in [0.717, 1.165) is 74.2 Å². The summed E-state index contributed by atoms with van der Waals surface area (Å²) in [5, 5.41) is 33.9. The second kappa shape index (κ2) is 54.2. The average Bonchev–Trinajstić information content (AvgIpc) is 1.22. The van der Waals surface area contributed by atoms with Crippen molar-refractivity contribution in [2.24, 2.45) is 17.8 Å². The first-order valence-corrected chi connectivity index (χ1v) is 49.7. The number of nitrogens with one attached hydrogen (secondary N) is 4. The van der Waals surface area contributed by atoms with E-state index in [1.54, 1.807) is 18.3 Å². The number of allylic oxidation sites excluding steroid dienone is 6. The van der Waals surface area contributed by atoms with Crippen LogP contribution in [0.5, 0.6) is 0 Å². The summed E-state index contributed by atoms with van der Waals surface area (Å²) in [6, 6.07) is 141. The van der Waals surface area contributed by atoms with Crippen LogP contribution in [0.2, 0.25) is 0 Å². The van der Waals surface area contributed by atoms with Crippen molar-refractivity contribution in [1.29, 1.82) is 0 Å². The Labute approximate surface area is 792 Å². The molecule has 0 amide bonds. The van der Waals surface area contributed by atoms with Crippen LogP contribution >= 0.6 is 75.8 Å². The number of aromatic amines is 4. The molecule has 19 heteroatoms. The Kier molecular flexibility index (Phi) is 41.6. The number of aldehydes is 1. The summed E-state index contributed by atoms with van der Waals surface area (Å²) >= 11 is 12.0. The zero-order valence-corrected chi connectivity index (χ0v) is 79.8. The van der Waals surface area contributed by atoms with Crippen LogP contribution in [0.3, 0.4) is 0 Å². The molecule has 19 rings (SSSR count). The van der Waals surface area contributed by atoms with Crippen molar-refractivity contribution in [2.45, 2.75) is 57.8 Å². The molecule has 0 saturated carbocycles. The zero-order chi connectivity index (χ0) is 88.4. The fourth-order valence-electron chi connectivity index (χ4n) is 14.9. The maximum Gasteiger partial charge on any atom is 0.488 e. The van der Waals surface area contributed by atoms with Crippen LogP contribution in [0.15, 0.2) is 457 Å². The van der Waals surface area contributed by atoms with Gasteiger partial charge in [0.1, 0.15) is 17.9 Å². The van der Waals surface area contributed by atoms with Gasteiger partial charge < -0.3 is 34.8 Å². The monoisotopic (exact) mass is 2000 g/mol. The van der Waals surface area contributed by atoms with Gasteiger partial charge in [0.25, 0.3) is 0 Å². The number of hydrogen-bond acceptors (Lipinski definition) is 5. The maximum atomic E-state index is 13.3. The fourth-order valence-corrected chi connectivity index (χ4v) is 25.5. The summed E-state index contributed by atoms with van der Waals surface area (Å²) in [7, 11) is -3.37. The minimum Gasteiger partial charge on any atom is -0.423 e. The Morgan fingerprint density at radius 2 is 0.625 bits per heavy atom. The first-order valence-electron chi connectivity index (χ1n) is 42.4. The molecule has 3 aliphatic carbocycles. The number of aromatic nitrogens is 4. The number of halogens is 4. The van der Waals surface area contributed by atoms with E-state index >= 15 is 0 Å². The number of carbonyl (C=O) groups excluding carboxylic acids is 1. The van der Waals surface area contributed by atoms with E-state index in [0.29, 0.717) is 28.9 Å². The molecule has 3 unspecified atom stereocenters.